The average Bonchev–Trinajstić information content (AvgIpc) is 2.64. The van der Waals surface area contributed by atoms with Crippen molar-refractivity contribution in [3.05, 3.63) is 29.0 Å². The van der Waals surface area contributed by atoms with Gasteiger partial charge in [-0.25, -0.2) is 9.18 Å². The van der Waals surface area contributed by atoms with Crippen molar-refractivity contribution in [2.45, 2.75) is 6.10 Å². The van der Waals surface area contributed by atoms with E-state index < -0.39 is 11.9 Å². The van der Waals surface area contributed by atoms with Gasteiger partial charge in [0.2, 0.25) is 0 Å². The van der Waals surface area contributed by atoms with Gasteiger partial charge in [-0.3, -0.25) is 4.90 Å². The van der Waals surface area contributed by atoms with E-state index in [0.717, 1.165) is 0 Å². The Labute approximate surface area is 96.7 Å². The van der Waals surface area contributed by atoms with Crippen molar-refractivity contribution in [2.75, 3.05) is 18.0 Å². The number of amides is 1. The first kappa shape index (κ1) is 11.2. The van der Waals surface area contributed by atoms with Crippen molar-refractivity contribution in [3.63, 3.8) is 0 Å². The summed E-state index contributed by atoms with van der Waals surface area (Å²) in [5.41, 5.74) is 5.91. The van der Waals surface area contributed by atoms with Gasteiger partial charge in [0.05, 0.1) is 11.6 Å². The quantitative estimate of drug-likeness (QED) is 0.863. The number of cyclic esters (lactones) is 1. The van der Waals surface area contributed by atoms with Crippen LogP contribution in [-0.2, 0) is 4.74 Å². The minimum atomic E-state index is -0.520. The molecule has 0 saturated carbocycles. The highest BCUT2D eigenvalue weighted by Gasteiger charge is 2.31. The summed E-state index contributed by atoms with van der Waals surface area (Å²) in [5.74, 6) is -0.520. The van der Waals surface area contributed by atoms with E-state index in [1.54, 1.807) is 0 Å². The SMILES string of the molecule is NCC1CN(c2ccc(F)c(Cl)c2)C(=O)O1. The number of carbonyl (C=O) groups is 1. The molecule has 0 bridgehead atoms. The molecule has 0 aromatic heterocycles. The van der Waals surface area contributed by atoms with Crippen LogP contribution in [0.3, 0.4) is 0 Å². The lowest BCUT2D eigenvalue weighted by Crippen LogP contribution is -2.27. The number of nitrogens with zero attached hydrogens (tertiary/aromatic N) is 1. The van der Waals surface area contributed by atoms with Gasteiger partial charge in [-0.2, -0.15) is 0 Å². The molecule has 0 radical (unpaired) electrons. The molecule has 1 aliphatic rings. The third-order valence-electron chi connectivity index (χ3n) is 2.35. The first-order valence-electron chi connectivity index (χ1n) is 4.75. The van der Waals surface area contributed by atoms with Gasteiger partial charge in [0.25, 0.3) is 0 Å². The molecule has 1 saturated heterocycles. The average molecular weight is 245 g/mol. The third-order valence-corrected chi connectivity index (χ3v) is 2.64. The van der Waals surface area contributed by atoms with E-state index in [-0.39, 0.29) is 17.7 Å². The number of hydrogen-bond acceptors (Lipinski definition) is 3. The summed E-state index contributed by atoms with van der Waals surface area (Å²) >= 11 is 5.63. The van der Waals surface area contributed by atoms with Gasteiger partial charge in [0.15, 0.2) is 0 Å². The van der Waals surface area contributed by atoms with E-state index in [9.17, 15) is 9.18 Å². The molecule has 2 rings (SSSR count). The molecular formula is C10H10ClFN2O2. The lowest BCUT2D eigenvalue weighted by molar-refractivity contribution is 0.145. The van der Waals surface area contributed by atoms with Crippen LogP contribution in [0.5, 0.6) is 0 Å². The molecule has 4 nitrogen and oxygen atoms in total. The summed E-state index contributed by atoms with van der Waals surface area (Å²) in [4.78, 5) is 12.8. The Balaban J connectivity index is 2.24. The highest BCUT2D eigenvalue weighted by atomic mass is 35.5. The Morgan fingerprint density at radius 2 is 2.38 bits per heavy atom. The molecule has 0 spiro atoms. The van der Waals surface area contributed by atoms with Crippen molar-refractivity contribution < 1.29 is 13.9 Å². The first-order valence-corrected chi connectivity index (χ1v) is 5.13. The second-order valence-corrected chi connectivity index (χ2v) is 3.86. The van der Waals surface area contributed by atoms with Crippen molar-refractivity contribution in [1.29, 1.82) is 0 Å². The molecule has 6 heteroatoms. The molecule has 1 unspecified atom stereocenters. The molecule has 1 amide bonds. The van der Waals surface area contributed by atoms with Crippen LogP contribution >= 0.6 is 11.6 Å². The zero-order chi connectivity index (χ0) is 11.7. The molecule has 0 aliphatic carbocycles. The number of hydrogen-bond donors (Lipinski definition) is 1. The molecule has 16 heavy (non-hydrogen) atoms. The maximum Gasteiger partial charge on any atom is 0.414 e. The Bertz CT molecular complexity index is 427. The van der Waals surface area contributed by atoms with Crippen LogP contribution in [-0.4, -0.2) is 25.3 Å². The molecule has 1 aliphatic heterocycles. The highest BCUT2D eigenvalue weighted by molar-refractivity contribution is 6.31. The maximum absolute atomic E-state index is 12.9. The summed E-state index contributed by atoms with van der Waals surface area (Å²) in [7, 11) is 0. The van der Waals surface area contributed by atoms with Crippen LogP contribution in [0.4, 0.5) is 14.9 Å². The minimum absolute atomic E-state index is 0.0264. The number of benzene rings is 1. The van der Waals surface area contributed by atoms with Crippen LogP contribution in [0, 0.1) is 5.82 Å². The standard InChI is InChI=1S/C10H10ClFN2O2/c11-8-3-6(1-2-9(8)12)14-5-7(4-13)16-10(14)15/h1-3,7H,4-5,13H2. The van der Waals surface area contributed by atoms with Crippen LogP contribution in [0.1, 0.15) is 0 Å². The van der Waals surface area contributed by atoms with Crippen LogP contribution < -0.4 is 10.6 Å². The van der Waals surface area contributed by atoms with Crippen molar-refractivity contribution in [1.82, 2.24) is 0 Å². The Kier molecular flexibility index (Phi) is 2.98. The first-order chi connectivity index (χ1) is 7.61. The normalized spacial score (nSPS) is 20.1. The van der Waals surface area contributed by atoms with Crippen molar-refractivity contribution >= 4 is 23.4 Å². The van der Waals surface area contributed by atoms with Crippen LogP contribution in [0.15, 0.2) is 18.2 Å². The Morgan fingerprint density at radius 3 is 2.94 bits per heavy atom. The summed E-state index contributed by atoms with van der Waals surface area (Å²) in [6.45, 7) is 0.620. The Hall–Kier alpha value is -1.33. The largest absolute Gasteiger partial charge is 0.443 e. The van der Waals surface area contributed by atoms with E-state index in [4.69, 9.17) is 22.1 Å². The van der Waals surface area contributed by atoms with E-state index in [1.807, 2.05) is 0 Å². The lowest BCUT2D eigenvalue weighted by Gasteiger charge is -2.13. The van der Waals surface area contributed by atoms with E-state index in [2.05, 4.69) is 0 Å². The fourth-order valence-corrected chi connectivity index (χ4v) is 1.68. The summed E-state index contributed by atoms with van der Waals surface area (Å²) in [6.07, 6.45) is -0.811. The number of halogens is 2. The highest BCUT2D eigenvalue weighted by Crippen LogP contribution is 2.26. The van der Waals surface area contributed by atoms with Gasteiger partial charge >= 0.3 is 6.09 Å². The second kappa shape index (κ2) is 4.27. The molecule has 86 valence electrons. The van der Waals surface area contributed by atoms with Gasteiger partial charge in [-0.15, -0.1) is 0 Å². The number of nitrogens with two attached hydrogens (primary N) is 1. The van der Waals surface area contributed by atoms with Crippen LogP contribution in [0.2, 0.25) is 5.02 Å². The van der Waals surface area contributed by atoms with E-state index in [0.29, 0.717) is 12.2 Å². The third kappa shape index (κ3) is 1.96. The zero-order valence-electron chi connectivity index (χ0n) is 8.32. The molecule has 1 fully saturated rings. The summed E-state index contributed by atoms with van der Waals surface area (Å²) < 4.78 is 17.9. The number of carbonyl (C=O) groups excluding carboxylic acids is 1. The molecule has 1 aromatic carbocycles. The van der Waals surface area contributed by atoms with Crippen molar-refractivity contribution in [3.8, 4) is 0 Å². The molecular weight excluding hydrogens is 235 g/mol. The summed E-state index contributed by atoms with van der Waals surface area (Å²) in [5, 5.41) is -0.0264. The van der Waals surface area contributed by atoms with Crippen molar-refractivity contribution in [2.24, 2.45) is 5.73 Å². The summed E-state index contributed by atoms with van der Waals surface area (Å²) in [6, 6.07) is 4.07. The monoisotopic (exact) mass is 244 g/mol. The molecule has 1 aromatic rings. The van der Waals surface area contributed by atoms with Gasteiger partial charge in [-0.1, -0.05) is 11.6 Å². The predicted octanol–water partition coefficient (Wildman–Crippen LogP) is 1.76. The van der Waals surface area contributed by atoms with Gasteiger partial charge in [0.1, 0.15) is 11.9 Å². The van der Waals surface area contributed by atoms with Gasteiger partial charge in [-0.05, 0) is 18.2 Å². The zero-order valence-corrected chi connectivity index (χ0v) is 9.08. The number of ether oxygens (including phenoxy) is 1. The Morgan fingerprint density at radius 1 is 1.62 bits per heavy atom. The minimum Gasteiger partial charge on any atom is -0.443 e. The van der Waals surface area contributed by atoms with E-state index in [1.165, 1.54) is 23.1 Å². The molecule has 1 atom stereocenters. The molecule has 2 N–H and O–H groups in total. The predicted molar refractivity (Wildman–Crippen MR) is 58.1 cm³/mol. The van der Waals surface area contributed by atoms with Crippen LogP contribution in [0.25, 0.3) is 0 Å². The van der Waals surface area contributed by atoms with Gasteiger partial charge in [0, 0.05) is 12.2 Å². The maximum atomic E-state index is 12.9. The fourth-order valence-electron chi connectivity index (χ4n) is 1.51. The smallest absolute Gasteiger partial charge is 0.414 e. The second-order valence-electron chi connectivity index (χ2n) is 3.45. The topological polar surface area (TPSA) is 55.6 Å². The number of anilines is 1. The fraction of sp³-hybridized carbons (Fsp3) is 0.300. The lowest BCUT2D eigenvalue weighted by atomic mass is 10.2. The van der Waals surface area contributed by atoms with E-state index >= 15 is 0 Å². The number of rotatable bonds is 2. The molecule has 1 heterocycles. The van der Waals surface area contributed by atoms with Gasteiger partial charge < -0.3 is 10.5 Å².